The van der Waals surface area contributed by atoms with Crippen LogP contribution in [0.4, 0.5) is 5.82 Å². The quantitative estimate of drug-likeness (QED) is 0.770. The molecule has 2 aromatic heterocycles. The second-order valence-corrected chi connectivity index (χ2v) is 7.59. The molecule has 25 heavy (non-hydrogen) atoms. The first-order valence-electron chi connectivity index (χ1n) is 9.04. The Kier molecular flexibility index (Phi) is 3.08. The smallest absolute Gasteiger partial charge is 0.335 e. The largest absolute Gasteiger partial charge is 0.478 e. The van der Waals surface area contributed by atoms with Gasteiger partial charge in [0.1, 0.15) is 0 Å². The van der Waals surface area contributed by atoms with Crippen molar-refractivity contribution in [3.05, 3.63) is 42.1 Å². The molecule has 1 aromatic carbocycles. The monoisotopic (exact) mass is 335 g/mol. The highest BCUT2D eigenvalue weighted by Gasteiger charge is 2.41. The van der Waals surface area contributed by atoms with Crippen molar-refractivity contribution < 1.29 is 9.90 Å². The molecule has 3 aromatic rings. The van der Waals surface area contributed by atoms with Crippen LogP contribution in [-0.4, -0.2) is 33.6 Å². The van der Waals surface area contributed by atoms with E-state index in [-0.39, 0.29) is 5.56 Å². The fourth-order valence-corrected chi connectivity index (χ4v) is 4.78. The molecule has 1 aliphatic carbocycles. The Labute approximate surface area is 145 Å². The van der Waals surface area contributed by atoms with Crippen molar-refractivity contribution in [2.45, 2.75) is 32.1 Å². The number of carboxylic acids is 1. The average Bonchev–Trinajstić information content (AvgIpc) is 3.35. The Balaban J connectivity index is 1.66. The molecule has 1 saturated heterocycles. The van der Waals surface area contributed by atoms with Gasteiger partial charge in [0.15, 0.2) is 5.82 Å². The summed E-state index contributed by atoms with van der Waals surface area (Å²) in [6.07, 6.45) is 8.64. The van der Waals surface area contributed by atoms with Crippen LogP contribution in [0.1, 0.15) is 42.5 Å². The number of aromatic carboxylic acids is 1. The summed E-state index contributed by atoms with van der Waals surface area (Å²) in [5, 5.41) is 9.29. The molecule has 5 rings (SSSR count). The number of anilines is 1. The predicted octanol–water partition coefficient (Wildman–Crippen LogP) is 3.96. The van der Waals surface area contributed by atoms with Crippen LogP contribution in [0, 0.1) is 5.41 Å². The third-order valence-electron chi connectivity index (χ3n) is 6.09. The van der Waals surface area contributed by atoms with Crippen molar-refractivity contribution >= 4 is 28.3 Å². The molecule has 0 radical (unpaired) electrons. The zero-order chi connectivity index (χ0) is 17.0. The molecule has 0 amide bonds. The van der Waals surface area contributed by atoms with Gasteiger partial charge >= 0.3 is 5.97 Å². The van der Waals surface area contributed by atoms with E-state index in [1.165, 1.54) is 32.1 Å². The van der Waals surface area contributed by atoms with Gasteiger partial charge in [0, 0.05) is 19.3 Å². The summed E-state index contributed by atoms with van der Waals surface area (Å²) in [6.45, 7) is 2.11. The molecule has 1 aliphatic heterocycles. The van der Waals surface area contributed by atoms with Gasteiger partial charge in [-0.3, -0.25) is 0 Å². The van der Waals surface area contributed by atoms with Gasteiger partial charge in [0.2, 0.25) is 0 Å². The van der Waals surface area contributed by atoms with Gasteiger partial charge in [-0.2, -0.15) is 0 Å². The van der Waals surface area contributed by atoms with Crippen LogP contribution in [0.15, 0.2) is 36.5 Å². The van der Waals surface area contributed by atoms with Crippen LogP contribution in [-0.2, 0) is 0 Å². The van der Waals surface area contributed by atoms with Crippen LogP contribution in [0.2, 0.25) is 0 Å². The Bertz CT molecular complexity index is 985. The second kappa shape index (κ2) is 5.22. The fourth-order valence-electron chi connectivity index (χ4n) is 4.78. The molecule has 1 N–H and O–H groups in total. The molecule has 0 bridgehead atoms. The Morgan fingerprint density at radius 1 is 1.12 bits per heavy atom. The lowest BCUT2D eigenvalue weighted by Gasteiger charge is -2.25. The lowest BCUT2D eigenvalue weighted by atomic mass is 9.86. The number of carbonyl (C=O) groups is 1. The van der Waals surface area contributed by atoms with E-state index in [9.17, 15) is 9.90 Å². The number of fused-ring (bicyclic) bond motifs is 3. The standard InChI is InChI=1S/C20H21N3O2/c24-19(25)14-5-6-16-15(12-14)21-18(17-4-3-10-23(16)17)22-11-9-20(13-22)7-1-2-8-20/h3-6,10,12H,1-2,7-9,11,13H2,(H,24,25). The van der Waals surface area contributed by atoms with E-state index < -0.39 is 5.97 Å². The van der Waals surface area contributed by atoms with Crippen molar-refractivity contribution in [2.75, 3.05) is 18.0 Å². The first kappa shape index (κ1) is 14.8. The van der Waals surface area contributed by atoms with Crippen LogP contribution >= 0.6 is 0 Å². The van der Waals surface area contributed by atoms with Gasteiger partial charge in [-0.25, -0.2) is 9.78 Å². The summed E-state index contributed by atoms with van der Waals surface area (Å²) in [5.74, 6) is 0.0766. The maximum atomic E-state index is 11.3. The van der Waals surface area contributed by atoms with Gasteiger partial charge in [-0.05, 0) is 55.0 Å². The lowest BCUT2D eigenvalue weighted by molar-refractivity contribution is 0.0697. The van der Waals surface area contributed by atoms with Crippen LogP contribution in [0.5, 0.6) is 0 Å². The Hall–Kier alpha value is -2.56. The average molecular weight is 335 g/mol. The molecule has 5 nitrogen and oxygen atoms in total. The van der Waals surface area contributed by atoms with E-state index >= 15 is 0 Å². The summed E-state index contributed by atoms with van der Waals surface area (Å²) < 4.78 is 2.13. The maximum absolute atomic E-state index is 11.3. The minimum Gasteiger partial charge on any atom is -0.478 e. The molecule has 128 valence electrons. The van der Waals surface area contributed by atoms with Crippen molar-refractivity contribution in [3.8, 4) is 0 Å². The molecular weight excluding hydrogens is 314 g/mol. The number of aromatic nitrogens is 2. The SMILES string of the molecule is O=C(O)c1ccc2c(c1)nc(N1CCC3(CCCC3)C1)c1cccn12. The van der Waals surface area contributed by atoms with E-state index in [1.807, 2.05) is 18.3 Å². The van der Waals surface area contributed by atoms with Crippen molar-refractivity contribution in [2.24, 2.45) is 5.41 Å². The molecule has 1 saturated carbocycles. The molecule has 2 aliphatic rings. The molecule has 3 heterocycles. The minimum atomic E-state index is -0.913. The highest BCUT2D eigenvalue weighted by Crippen LogP contribution is 2.46. The van der Waals surface area contributed by atoms with E-state index in [2.05, 4.69) is 15.4 Å². The molecule has 0 atom stereocenters. The van der Waals surface area contributed by atoms with E-state index in [0.717, 1.165) is 35.5 Å². The Morgan fingerprint density at radius 3 is 2.76 bits per heavy atom. The predicted molar refractivity (Wildman–Crippen MR) is 97.4 cm³/mol. The molecular formula is C20H21N3O2. The van der Waals surface area contributed by atoms with Crippen molar-refractivity contribution in [3.63, 3.8) is 0 Å². The maximum Gasteiger partial charge on any atom is 0.335 e. The number of carboxylic acid groups (broad SMARTS) is 1. The highest BCUT2D eigenvalue weighted by atomic mass is 16.4. The number of hydrogen-bond donors (Lipinski definition) is 1. The minimum absolute atomic E-state index is 0.283. The number of benzene rings is 1. The Morgan fingerprint density at radius 2 is 1.96 bits per heavy atom. The van der Waals surface area contributed by atoms with Gasteiger partial charge < -0.3 is 14.4 Å². The number of nitrogens with zero attached hydrogens (tertiary/aromatic N) is 3. The number of hydrogen-bond acceptors (Lipinski definition) is 3. The molecule has 1 spiro atoms. The fraction of sp³-hybridized carbons (Fsp3) is 0.400. The second-order valence-electron chi connectivity index (χ2n) is 7.59. The van der Waals surface area contributed by atoms with Crippen molar-refractivity contribution in [1.29, 1.82) is 0 Å². The lowest BCUT2D eigenvalue weighted by Crippen LogP contribution is -2.26. The topological polar surface area (TPSA) is 57.8 Å². The molecule has 0 unspecified atom stereocenters. The van der Waals surface area contributed by atoms with Crippen LogP contribution in [0.25, 0.3) is 16.6 Å². The summed E-state index contributed by atoms with van der Waals surface area (Å²) in [7, 11) is 0. The van der Waals surface area contributed by atoms with Gasteiger partial charge in [-0.15, -0.1) is 0 Å². The van der Waals surface area contributed by atoms with E-state index in [4.69, 9.17) is 4.98 Å². The van der Waals surface area contributed by atoms with Crippen LogP contribution in [0.3, 0.4) is 0 Å². The van der Waals surface area contributed by atoms with Crippen LogP contribution < -0.4 is 4.90 Å². The highest BCUT2D eigenvalue weighted by molar-refractivity contribution is 5.94. The molecule has 5 heteroatoms. The van der Waals surface area contributed by atoms with Crippen molar-refractivity contribution in [1.82, 2.24) is 9.38 Å². The summed E-state index contributed by atoms with van der Waals surface area (Å²) >= 11 is 0. The third-order valence-corrected chi connectivity index (χ3v) is 6.09. The first-order chi connectivity index (χ1) is 12.2. The summed E-state index contributed by atoms with van der Waals surface area (Å²) in [4.78, 5) is 18.6. The zero-order valence-corrected chi connectivity index (χ0v) is 14.1. The summed E-state index contributed by atoms with van der Waals surface area (Å²) in [6, 6.07) is 9.32. The zero-order valence-electron chi connectivity index (χ0n) is 14.1. The number of rotatable bonds is 2. The van der Waals surface area contributed by atoms with E-state index in [1.54, 1.807) is 12.1 Å². The van der Waals surface area contributed by atoms with Gasteiger partial charge in [0.05, 0.1) is 22.1 Å². The van der Waals surface area contributed by atoms with E-state index in [0.29, 0.717) is 5.41 Å². The normalized spacial score (nSPS) is 19.4. The third kappa shape index (κ3) is 2.22. The summed E-state index contributed by atoms with van der Waals surface area (Å²) in [5.41, 5.74) is 3.55. The first-order valence-corrected chi connectivity index (χ1v) is 9.04. The van der Waals surface area contributed by atoms with Gasteiger partial charge in [-0.1, -0.05) is 12.8 Å². The van der Waals surface area contributed by atoms with Gasteiger partial charge in [0.25, 0.3) is 0 Å². The molecule has 2 fully saturated rings.